The number of rotatable bonds is 5. The van der Waals surface area contributed by atoms with Crippen molar-refractivity contribution in [2.24, 2.45) is 0 Å². The summed E-state index contributed by atoms with van der Waals surface area (Å²) in [5, 5.41) is 2.71. The molecule has 0 heterocycles. The van der Waals surface area contributed by atoms with Gasteiger partial charge in [0.15, 0.2) is 0 Å². The van der Waals surface area contributed by atoms with Crippen LogP contribution in [0.1, 0.15) is 20.3 Å². The first-order valence-corrected chi connectivity index (χ1v) is 5.23. The predicted octanol–water partition coefficient (Wildman–Crippen LogP) is 2.99. The lowest BCUT2D eigenvalue weighted by Gasteiger charge is -2.08. The van der Waals surface area contributed by atoms with Crippen LogP contribution in [0.15, 0.2) is 36.4 Å². The molecule has 3 heteroatoms. The average Bonchev–Trinajstić information content (AvgIpc) is 2.16. The van der Waals surface area contributed by atoms with Gasteiger partial charge in [-0.3, -0.25) is 4.79 Å². The minimum absolute atomic E-state index is 0.0842. The van der Waals surface area contributed by atoms with Crippen molar-refractivity contribution in [1.29, 1.82) is 0 Å². The second kappa shape index (κ2) is 5.95. The summed E-state index contributed by atoms with van der Waals surface area (Å²) in [4.78, 5) is 10.9. The highest BCUT2D eigenvalue weighted by molar-refractivity contribution is 5.88. The highest BCUT2D eigenvalue weighted by Crippen LogP contribution is 2.17. The fourth-order valence-corrected chi connectivity index (χ4v) is 1.21. The van der Waals surface area contributed by atoms with Crippen molar-refractivity contribution < 1.29 is 9.53 Å². The maximum absolute atomic E-state index is 10.9. The van der Waals surface area contributed by atoms with Gasteiger partial charge in [-0.15, -0.1) is 6.58 Å². The van der Waals surface area contributed by atoms with E-state index < -0.39 is 0 Å². The number of carbonyl (C=O) groups excluding carboxylic acids is 1. The van der Waals surface area contributed by atoms with Gasteiger partial charge in [0, 0.05) is 25.1 Å². The van der Waals surface area contributed by atoms with E-state index in [-0.39, 0.29) is 5.91 Å². The Hall–Kier alpha value is -1.77. The molecule has 0 unspecified atom stereocenters. The van der Waals surface area contributed by atoms with E-state index in [4.69, 9.17) is 4.74 Å². The summed E-state index contributed by atoms with van der Waals surface area (Å²) in [5.74, 6) is 0.673. The summed E-state index contributed by atoms with van der Waals surface area (Å²) in [5.41, 5.74) is 1.85. The number of hydrogen-bond donors (Lipinski definition) is 1. The number of anilines is 1. The van der Waals surface area contributed by atoms with Gasteiger partial charge in [-0.2, -0.15) is 0 Å². The van der Waals surface area contributed by atoms with Crippen LogP contribution in [0.5, 0.6) is 5.75 Å². The number of carbonyl (C=O) groups is 1. The lowest BCUT2D eigenvalue weighted by atomic mass is 10.2. The van der Waals surface area contributed by atoms with Crippen molar-refractivity contribution in [3.05, 3.63) is 36.4 Å². The normalized spacial score (nSPS) is 9.62. The van der Waals surface area contributed by atoms with E-state index in [1.54, 1.807) is 6.07 Å². The topological polar surface area (TPSA) is 38.3 Å². The molecule has 0 aliphatic carbocycles. The van der Waals surface area contributed by atoms with Gasteiger partial charge in [-0.1, -0.05) is 11.6 Å². The van der Waals surface area contributed by atoms with E-state index in [0.29, 0.717) is 6.61 Å². The minimum atomic E-state index is -0.0842. The van der Waals surface area contributed by atoms with Gasteiger partial charge in [0.05, 0.1) is 6.61 Å². The lowest BCUT2D eigenvalue weighted by molar-refractivity contribution is -0.114. The first kappa shape index (κ1) is 12.3. The Bertz CT molecular complexity index is 385. The Morgan fingerprint density at radius 1 is 1.44 bits per heavy atom. The number of amides is 1. The molecule has 86 valence electrons. The summed E-state index contributed by atoms with van der Waals surface area (Å²) in [6.07, 6.45) is 0.838. The molecule has 0 fully saturated rings. The molecule has 0 aromatic heterocycles. The summed E-state index contributed by atoms with van der Waals surface area (Å²) in [7, 11) is 0. The molecule has 1 aromatic carbocycles. The number of ether oxygens (including phenoxy) is 1. The van der Waals surface area contributed by atoms with Gasteiger partial charge < -0.3 is 10.1 Å². The zero-order valence-electron chi connectivity index (χ0n) is 9.75. The van der Waals surface area contributed by atoms with Crippen LogP contribution in [0.3, 0.4) is 0 Å². The first-order valence-electron chi connectivity index (χ1n) is 5.23. The number of hydrogen-bond acceptors (Lipinski definition) is 2. The van der Waals surface area contributed by atoms with Crippen LogP contribution < -0.4 is 10.1 Å². The van der Waals surface area contributed by atoms with Crippen molar-refractivity contribution in [2.45, 2.75) is 20.3 Å². The Morgan fingerprint density at radius 3 is 2.81 bits per heavy atom. The van der Waals surface area contributed by atoms with E-state index in [1.165, 1.54) is 6.92 Å². The molecule has 1 aromatic rings. The largest absolute Gasteiger partial charge is 0.493 e. The monoisotopic (exact) mass is 219 g/mol. The van der Waals surface area contributed by atoms with Gasteiger partial charge in [0.2, 0.25) is 5.91 Å². The van der Waals surface area contributed by atoms with Gasteiger partial charge in [-0.25, -0.2) is 0 Å². The van der Waals surface area contributed by atoms with Crippen LogP contribution in [0.2, 0.25) is 0 Å². The van der Waals surface area contributed by atoms with Crippen LogP contribution >= 0.6 is 0 Å². The third kappa shape index (κ3) is 4.64. The molecule has 0 atom stereocenters. The number of nitrogens with one attached hydrogen (secondary N) is 1. The zero-order chi connectivity index (χ0) is 12.0. The summed E-state index contributed by atoms with van der Waals surface area (Å²) >= 11 is 0. The molecule has 0 bridgehead atoms. The minimum Gasteiger partial charge on any atom is -0.493 e. The fraction of sp³-hybridized carbons (Fsp3) is 0.308. The van der Waals surface area contributed by atoms with Crippen LogP contribution in [0, 0.1) is 0 Å². The molecule has 0 radical (unpaired) electrons. The SMILES string of the molecule is C=C(C)CCOc1cccc(NC(C)=O)c1. The summed E-state index contributed by atoms with van der Waals surface area (Å²) < 4.78 is 5.53. The third-order valence-corrected chi connectivity index (χ3v) is 1.95. The van der Waals surface area contributed by atoms with Crippen molar-refractivity contribution in [2.75, 3.05) is 11.9 Å². The quantitative estimate of drug-likeness (QED) is 0.773. The van der Waals surface area contributed by atoms with Gasteiger partial charge >= 0.3 is 0 Å². The first-order chi connectivity index (χ1) is 7.58. The summed E-state index contributed by atoms with van der Waals surface area (Å²) in [6.45, 7) is 7.87. The molecule has 0 aliphatic heterocycles. The Morgan fingerprint density at radius 2 is 2.19 bits per heavy atom. The van der Waals surface area contributed by atoms with Crippen molar-refractivity contribution in [1.82, 2.24) is 0 Å². The van der Waals surface area contributed by atoms with Gasteiger partial charge in [0.1, 0.15) is 5.75 Å². The standard InChI is InChI=1S/C13H17NO2/c1-10(2)7-8-16-13-6-4-5-12(9-13)14-11(3)15/h4-6,9H,1,7-8H2,2-3H3,(H,14,15). The highest BCUT2D eigenvalue weighted by Gasteiger charge is 1.98. The molecular formula is C13H17NO2. The third-order valence-electron chi connectivity index (χ3n) is 1.95. The molecule has 0 saturated heterocycles. The summed E-state index contributed by atoms with van der Waals surface area (Å²) in [6, 6.07) is 7.35. The van der Waals surface area contributed by atoms with Gasteiger partial charge in [-0.05, 0) is 19.1 Å². The van der Waals surface area contributed by atoms with Crippen LogP contribution in [-0.4, -0.2) is 12.5 Å². The van der Waals surface area contributed by atoms with E-state index >= 15 is 0 Å². The van der Waals surface area contributed by atoms with E-state index in [2.05, 4.69) is 11.9 Å². The second-order valence-corrected chi connectivity index (χ2v) is 3.76. The molecule has 16 heavy (non-hydrogen) atoms. The fourth-order valence-electron chi connectivity index (χ4n) is 1.21. The molecule has 1 amide bonds. The second-order valence-electron chi connectivity index (χ2n) is 3.76. The molecule has 1 N–H and O–H groups in total. The predicted molar refractivity (Wildman–Crippen MR) is 65.7 cm³/mol. The Balaban J connectivity index is 2.53. The maximum Gasteiger partial charge on any atom is 0.221 e. The average molecular weight is 219 g/mol. The van der Waals surface area contributed by atoms with Gasteiger partial charge in [0.25, 0.3) is 0 Å². The molecule has 0 saturated carbocycles. The maximum atomic E-state index is 10.9. The van der Waals surface area contributed by atoms with E-state index in [9.17, 15) is 4.79 Å². The molecular weight excluding hydrogens is 202 g/mol. The van der Waals surface area contributed by atoms with Crippen molar-refractivity contribution in [3.8, 4) is 5.75 Å². The molecule has 1 rings (SSSR count). The lowest BCUT2D eigenvalue weighted by Crippen LogP contribution is -2.06. The molecule has 3 nitrogen and oxygen atoms in total. The Kier molecular flexibility index (Phi) is 4.58. The smallest absolute Gasteiger partial charge is 0.221 e. The van der Waals surface area contributed by atoms with E-state index in [0.717, 1.165) is 23.4 Å². The highest BCUT2D eigenvalue weighted by atomic mass is 16.5. The van der Waals surface area contributed by atoms with Crippen LogP contribution in [0.25, 0.3) is 0 Å². The molecule has 0 spiro atoms. The van der Waals surface area contributed by atoms with Crippen molar-refractivity contribution in [3.63, 3.8) is 0 Å². The van der Waals surface area contributed by atoms with Crippen LogP contribution in [0.4, 0.5) is 5.69 Å². The molecule has 0 aliphatic rings. The van der Waals surface area contributed by atoms with Crippen molar-refractivity contribution >= 4 is 11.6 Å². The van der Waals surface area contributed by atoms with E-state index in [1.807, 2.05) is 25.1 Å². The number of benzene rings is 1. The zero-order valence-corrected chi connectivity index (χ0v) is 9.75. The Labute approximate surface area is 96.1 Å². The van der Waals surface area contributed by atoms with Crippen LogP contribution in [-0.2, 0) is 4.79 Å².